The van der Waals surface area contributed by atoms with E-state index < -0.39 is 0 Å². The molecule has 0 radical (unpaired) electrons. The Balaban J connectivity index is 2.20. The van der Waals surface area contributed by atoms with Gasteiger partial charge in [-0.15, -0.1) is 0 Å². The summed E-state index contributed by atoms with van der Waals surface area (Å²) in [6, 6.07) is 0.669. The van der Waals surface area contributed by atoms with E-state index in [1.807, 2.05) is 0 Å². The fourth-order valence-corrected chi connectivity index (χ4v) is 2.10. The molecule has 1 unspecified atom stereocenters. The van der Waals surface area contributed by atoms with Gasteiger partial charge in [-0.2, -0.15) is 0 Å². The van der Waals surface area contributed by atoms with Crippen molar-refractivity contribution in [1.29, 1.82) is 0 Å². The summed E-state index contributed by atoms with van der Waals surface area (Å²) in [5.41, 5.74) is 0.111. The van der Waals surface area contributed by atoms with Gasteiger partial charge in [-0.05, 0) is 39.5 Å². The third kappa shape index (κ3) is 3.58. The first-order chi connectivity index (χ1) is 6.57. The second-order valence-corrected chi connectivity index (χ2v) is 4.96. The molecule has 2 nitrogen and oxygen atoms in total. The zero-order valence-corrected chi connectivity index (χ0v) is 10.1. The highest BCUT2D eigenvalue weighted by Gasteiger charge is 2.31. The Hall–Kier alpha value is -0.0800. The highest BCUT2D eigenvalue weighted by Crippen LogP contribution is 2.28. The summed E-state index contributed by atoms with van der Waals surface area (Å²) in [6.45, 7) is 9.87. The van der Waals surface area contributed by atoms with Gasteiger partial charge in [-0.1, -0.05) is 13.8 Å². The van der Waals surface area contributed by atoms with Gasteiger partial charge in [0.2, 0.25) is 0 Å². The lowest BCUT2D eigenvalue weighted by molar-refractivity contribution is -0.0152. The molecule has 0 aromatic carbocycles. The summed E-state index contributed by atoms with van der Waals surface area (Å²) in [4.78, 5) is 0. The van der Waals surface area contributed by atoms with E-state index in [1.165, 1.54) is 25.7 Å². The van der Waals surface area contributed by atoms with Crippen LogP contribution in [-0.4, -0.2) is 24.3 Å². The van der Waals surface area contributed by atoms with Gasteiger partial charge >= 0.3 is 0 Å². The van der Waals surface area contributed by atoms with Crippen LogP contribution in [0.15, 0.2) is 0 Å². The Morgan fingerprint density at radius 1 is 1.36 bits per heavy atom. The molecule has 0 amide bonds. The molecule has 1 atom stereocenters. The van der Waals surface area contributed by atoms with Crippen LogP contribution < -0.4 is 5.32 Å². The summed E-state index contributed by atoms with van der Waals surface area (Å²) in [5.74, 6) is 0. The first kappa shape index (κ1) is 12.0. The van der Waals surface area contributed by atoms with Gasteiger partial charge in [0.25, 0.3) is 0 Å². The van der Waals surface area contributed by atoms with Crippen LogP contribution in [0.25, 0.3) is 0 Å². The molecule has 2 heteroatoms. The van der Waals surface area contributed by atoms with Crippen molar-refractivity contribution in [2.45, 2.75) is 71.1 Å². The highest BCUT2D eigenvalue weighted by molar-refractivity contribution is 4.82. The molecule has 0 bridgehead atoms. The SMILES string of the molecule is CCC(CC)NCC1CCC(C)(C)O1. The van der Waals surface area contributed by atoms with E-state index in [2.05, 4.69) is 33.0 Å². The minimum Gasteiger partial charge on any atom is -0.371 e. The van der Waals surface area contributed by atoms with Crippen molar-refractivity contribution >= 4 is 0 Å². The Morgan fingerprint density at radius 3 is 2.43 bits per heavy atom. The van der Waals surface area contributed by atoms with Gasteiger partial charge in [0.1, 0.15) is 0 Å². The van der Waals surface area contributed by atoms with Gasteiger partial charge in [0.15, 0.2) is 0 Å². The molecule has 0 spiro atoms. The minimum atomic E-state index is 0.111. The molecular weight excluding hydrogens is 174 g/mol. The fourth-order valence-electron chi connectivity index (χ4n) is 2.10. The van der Waals surface area contributed by atoms with Crippen molar-refractivity contribution in [1.82, 2.24) is 5.32 Å². The molecule has 1 rings (SSSR count). The van der Waals surface area contributed by atoms with Crippen molar-refractivity contribution in [2.75, 3.05) is 6.54 Å². The molecular formula is C12H25NO. The third-order valence-corrected chi connectivity index (χ3v) is 3.17. The predicted molar refractivity (Wildman–Crippen MR) is 60.6 cm³/mol. The summed E-state index contributed by atoms with van der Waals surface area (Å²) < 4.78 is 5.93. The van der Waals surface area contributed by atoms with Crippen molar-refractivity contribution in [3.05, 3.63) is 0 Å². The molecule has 1 aliphatic rings. The van der Waals surface area contributed by atoms with E-state index in [1.54, 1.807) is 0 Å². The van der Waals surface area contributed by atoms with Crippen molar-refractivity contribution < 1.29 is 4.74 Å². The molecule has 0 aromatic rings. The largest absolute Gasteiger partial charge is 0.371 e. The number of nitrogens with one attached hydrogen (secondary N) is 1. The van der Waals surface area contributed by atoms with Gasteiger partial charge in [0.05, 0.1) is 11.7 Å². The standard InChI is InChI=1S/C12H25NO/c1-5-10(6-2)13-9-11-7-8-12(3,4)14-11/h10-11,13H,5-9H2,1-4H3. The van der Waals surface area contributed by atoms with Gasteiger partial charge < -0.3 is 10.1 Å². The molecule has 1 N–H and O–H groups in total. The van der Waals surface area contributed by atoms with Crippen LogP contribution >= 0.6 is 0 Å². The van der Waals surface area contributed by atoms with E-state index in [9.17, 15) is 0 Å². The summed E-state index contributed by atoms with van der Waals surface area (Å²) in [7, 11) is 0. The lowest BCUT2D eigenvalue weighted by atomic mass is 10.1. The second kappa shape index (κ2) is 5.13. The highest BCUT2D eigenvalue weighted by atomic mass is 16.5. The Kier molecular flexibility index (Phi) is 4.39. The lowest BCUT2D eigenvalue weighted by Gasteiger charge is -2.21. The Morgan fingerprint density at radius 2 is 2.00 bits per heavy atom. The number of hydrogen-bond acceptors (Lipinski definition) is 2. The molecule has 1 heterocycles. The van der Waals surface area contributed by atoms with E-state index in [0.29, 0.717) is 12.1 Å². The zero-order valence-electron chi connectivity index (χ0n) is 10.1. The van der Waals surface area contributed by atoms with Crippen LogP contribution in [0.3, 0.4) is 0 Å². The van der Waals surface area contributed by atoms with Crippen LogP contribution in [0.5, 0.6) is 0 Å². The molecule has 0 aliphatic carbocycles. The molecule has 1 aliphatic heterocycles. The van der Waals surface area contributed by atoms with Gasteiger partial charge in [0, 0.05) is 12.6 Å². The Labute approximate surface area is 88.4 Å². The smallest absolute Gasteiger partial charge is 0.0707 e. The topological polar surface area (TPSA) is 21.3 Å². The normalized spacial score (nSPS) is 25.9. The number of rotatable bonds is 5. The second-order valence-electron chi connectivity index (χ2n) is 4.96. The van der Waals surface area contributed by atoms with Crippen LogP contribution in [0.4, 0.5) is 0 Å². The zero-order chi connectivity index (χ0) is 10.6. The van der Waals surface area contributed by atoms with Crippen LogP contribution in [0, 0.1) is 0 Å². The molecule has 1 fully saturated rings. The van der Waals surface area contributed by atoms with Crippen molar-refractivity contribution in [2.24, 2.45) is 0 Å². The quantitative estimate of drug-likeness (QED) is 0.735. The third-order valence-electron chi connectivity index (χ3n) is 3.17. The van der Waals surface area contributed by atoms with Crippen LogP contribution in [0.1, 0.15) is 53.4 Å². The van der Waals surface area contributed by atoms with Gasteiger partial charge in [-0.25, -0.2) is 0 Å². The molecule has 14 heavy (non-hydrogen) atoms. The number of hydrogen-bond donors (Lipinski definition) is 1. The van der Waals surface area contributed by atoms with E-state index in [0.717, 1.165) is 6.54 Å². The lowest BCUT2D eigenvalue weighted by Crippen LogP contribution is -2.35. The van der Waals surface area contributed by atoms with Crippen LogP contribution in [0.2, 0.25) is 0 Å². The first-order valence-electron chi connectivity index (χ1n) is 5.98. The van der Waals surface area contributed by atoms with Gasteiger partial charge in [-0.3, -0.25) is 0 Å². The molecule has 0 saturated carbocycles. The van der Waals surface area contributed by atoms with Crippen molar-refractivity contribution in [3.63, 3.8) is 0 Å². The molecule has 84 valence electrons. The predicted octanol–water partition coefficient (Wildman–Crippen LogP) is 2.72. The maximum Gasteiger partial charge on any atom is 0.0707 e. The number of ether oxygens (including phenoxy) is 1. The molecule has 0 aromatic heterocycles. The average Bonchev–Trinajstić information content (AvgIpc) is 2.47. The summed E-state index contributed by atoms with van der Waals surface area (Å²) in [6.07, 6.45) is 5.27. The Bertz CT molecular complexity index is 164. The monoisotopic (exact) mass is 199 g/mol. The average molecular weight is 199 g/mol. The first-order valence-corrected chi connectivity index (χ1v) is 5.98. The minimum absolute atomic E-state index is 0.111. The maximum atomic E-state index is 5.93. The van der Waals surface area contributed by atoms with E-state index in [4.69, 9.17) is 4.74 Å². The van der Waals surface area contributed by atoms with E-state index >= 15 is 0 Å². The van der Waals surface area contributed by atoms with Crippen LogP contribution in [-0.2, 0) is 4.74 Å². The maximum absolute atomic E-state index is 5.93. The summed E-state index contributed by atoms with van der Waals surface area (Å²) >= 11 is 0. The fraction of sp³-hybridized carbons (Fsp3) is 1.00. The van der Waals surface area contributed by atoms with Crippen molar-refractivity contribution in [3.8, 4) is 0 Å². The summed E-state index contributed by atoms with van der Waals surface area (Å²) in [5, 5.41) is 3.57. The van der Waals surface area contributed by atoms with E-state index in [-0.39, 0.29) is 5.60 Å². The molecule has 1 saturated heterocycles.